The average Bonchev–Trinajstić information content (AvgIpc) is 2.34. The number of aliphatic hydroxyl groups excluding tert-OH is 2. The van der Waals surface area contributed by atoms with Gasteiger partial charge in [-0.25, -0.2) is 4.39 Å². The van der Waals surface area contributed by atoms with Crippen LogP contribution in [0.4, 0.5) is 4.39 Å². The fourth-order valence-corrected chi connectivity index (χ4v) is 1.75. The highest BCUT2D eigenvalue weighted by Gasteiger charge is 2.23. The largest absolute Gasteiger partial charge is 0.493 e. The van der Waals surface area contributed by atoms with Gasteiger partial charge in [-0.05, 0) is 12.5 Å². The minimum atomic E-state index is -0.983. The molecule has 3 nitrogen and oxygen atoms in total. The van der Waals surface area contributed by atoms with E-state index in [1.54, 1.807) is 12.1 Å². The Hall–Kier alpha value is -1.39. The smallest absolute Gasteiger partial charge is 0.165 e. The van der Waals surface area contributed by atoms with Gasteiger partial charge in [-0.1, -0.05) is 18.2 Å². The first-order valence-electron chi connectivity index (χ1n) is 5.37. The second-order valence-electron chi connectivity index (χ2n) is 3.77. The van der Waals surface area contributed by atoms with Gasteiger partial charge in [0.1, 0.15) is 0 Å². The van der Waals surface area contributed by atoms with E-state index < -0.39 is 17.8 Å². The lowest BCUT2D eigenvalue weighted by atomic mass is 9.93. The van der Waals surface area contributed by atoms with E-state index >= 15 is 0 Å². The summed E-state index contributed by atoms with van der Waals surface area (Å²) >= 11 is 0. The number of para-hydroxylation sites is 1. The SMILES string of the molecule is C=CCC(CO)C(O)c1cccc(F)c1OC. The molecule has 0 saturated carbocycles. The molecular weight excluding hydrogens is 223 g/mol. The molecule has 0 aliphatic carbocycles. The van der Waals surface area contributed by atoms with Gasteiger partial charge in [0.2, 0.25) is 0 Å². The molecule has 0 aliphatic rings. The molecule has 0 spiro atoms. The van der Waals surface area contributed by atoms with E-state index in [-0.39, 0.29) is 12.4 Å². The third-order valence-corrected chi connectivity index (χ3v) is 2.67. The third-order valence-electron chi connectivity index (χ3n) is 2.67. The number of rotatable bonds is 6. The summed E-state index contributed by atoms with van der Waals surface area (Å²) in [5.74, 6) is -0.926. The highest BCUT2D eigenvalue weighted by molar-refractivity contribution is 5.37. The predicted molar refractivity (Wildman–Crippen MR) is 63.3 cm³/mol. The Balaban J connectivity index is 3.05. The van der Waals surface area contributed by atoms with Crippen LogP contribution >= 0.6 is 0 Å². The predicted octanol–water partition coefficient (Wildman–Crippen LogP) is 2.05. The van der Waals surface area contributed by atoms with Crippen LogP contribution in [0.15, 0.2) is 30.9 Å². The second kappa shape index (κ2) is 6.37. The molecule has 1 aromatic carbocycles. The van der Waals surface area contributed by atoms with Crippen LogP contribution in [0.5, 0.6) is 5.75 Å². The molecule has 0 radical (unpaired) electrons. The van der Waals surface area contributed by atoms with E-state index in [9.17, 15) is 14.6 Å². The normalized spacial score (nSPS) is 14.1. The van der Waals surface area contributed by atoms with Crippen LogP contribution in [0.1, 0.15) is 18.1 Å². The lowest BCUT2D eigenvalue weighted by Gasteiger charge is -2.21. The van der Waals surface area contributed by atoms with Crippen LogP contribution < -0.4 is 4.74 Å². The van der Waals surface area contributed by atoms with Crippen LogP contribution in [0.25, 0.3) is 0 Å². The zero-order chi connectivity index (χ0) is 12.8. The summed E-state index contributed by atoms with van der Waals surface area (Å²) in [5.41, 5.74) is 0.341. The zero-order valence-electron chi connectivity index (χ0n) is 9.77. The molecule has 2 unspecified atom stereocenters. The molecule has 0 bridgehead atoms. The number of halogens is 1. The van der Waals surface area contributed by atoms with Crippen molar-refractivity contribution in [3.8, 4) is 5.75 Å². The molecule has 4 heteroatoms. The summed E-state index contributed by atoms with van der Waals surface area (Å²) in [5, 5.41) is 19.3. The molecule has 1 aromatic rings. The van der Waals surface area contributed by atoms with Gasteiger partial charge in [-0.2, -0.15) is 0 Å². The number of benzene rings is 1. The summed E-state index contributed by atoms with van der Waals surface area (Å²) < 4.78 is 18.4. The van der Waals surface area contributed by atoms with Crippen molar-refractivity contribution in [2.24, 2.45) is 5.92 Å². The molecule has 0 fully saturated rings. The van der Waals surface area contributed by atoms with Crippen molar-refractivity contribution in [2.75, 3.05) is 13.7 Å². The topological polar surface area (TPSA) is 49.7 Å². The van der Waals surface area contributed by atoms with Gasteiger partial charge in [-0.15, -0.1) is 6.58 Å². The Bertz CT molecular complexity index is 379. The maximum atomic E-state index is 13.4. The van der Waals surface area contributed by atoms with E-state index in [2.05, 4.69) is 6.58 Å². The summed E-state index contributed by atoms with van der Waals surface area (Å²) in [7, 11) is 1.34. The van der Waals surface area contributed by atoms with E-state index in [0.717, 1.165) is 0 Å². The van der Waals surface area contributed by atoms with E-state index in [4.69, 9.17) is 4.74 Å². The Labute approximate surface area is 100 Å². The highest BCUT2D eigenvalue weighted by Crippen LogP contribution is 2.33. The van der Waals surface area contributed by atoms with Crippen molar-refractivity contribution in [1.82, 2.24) is 0 Å². The summed E-state index contributed by atoms with van der Waals surface area (Å²) in [6.45, 7) is 3.36. The standard InChI is InChI=1S/C13H17FO3/c1-3-5-9(8-15)12(16)10-6-4-7-11(14)13(10)17-2/h3-4,6-7,9,12,15-16H,1,5,8H2,2H3. The maximum Gasteiger partial charge on any atom is 0.165 e. The van der Waals surface area contributed by atoms with Crippen LogP contribution in [-0.4, -0.2) is 23.9 Å². The van der Waals surface area contributed by atoms with Crippen molar-refractivity contribution in [1.29, 1.82) is 0 Å². The van der Waals surface area contributed by atoms with Crippen LogP contribution in [0.3, 0.4) is 0 Å². The molecule has 0 aromatic heterocycles. The van der Waals surface area contributed by atoms with Crippen molar-refractivity contribution in [3.05, 3.63) is 42.2 Å². The van der Waals surface area contributed by atoms with Gasteiger partial charge < -0.3 is 14.9 Å². The summed E-state index contributed by atoms with van der Waals surface area (Å²) in [6, 6.07) is 4.34. The zero-order valence-corrected chi connectivity index (χ0v) is 9.77. The fraction of sp³-hybridized carbons (Fsp3) is 0.385. The molecule has 2 atom stereocenters. The minimum Gasteiger partial charge on any atom is -0.493 e. The van der Waals surface area contributed by atoms with Gasteiger partial charge in [0, 0.05) is 18.1 Å². The molecule has 0 amide bonds. The van der Waals surface area contributed by atoms with Crippen LogP contribution in [0, 0.1) is 11.7 Å². The van der Waals surface area contributed by atoms with Crippen molar-refractivity contribution >= 4 is 0 Å². The van der Waals surface area contributed by atoms with Crippen molar-refractivity contribution in [3.63, 3.8) is 0 Å². The minimum absolute atomic E-state index is 0.0162. The van der Waals surface area contributed by atoms with Gasteiger partial charge in [-0.3, -0.25) is 0 Å². The van der Waals surface area contributed by atoms with Crippen LogP contribution in [0.2, 0.25) is 0 Å². The molecule has 94 valence electrons. The number of hydrogen-bond donors (Lipinski definition) is 2. The number of allylic oxidation sites excluding steroid dienone is 1. The van der Waals surface area contributed by atoms with Gasteiger partial charge in [0.25, 0.3) is 0 Å². The summed E-state index contributed by atoms with van der Waals surface area (Å²) in [6.07, 6.45) is 1.07. The lowest BCUT2D eigenvalue weighted by molar-refractivity contribution is 0.0661. The lowest BCUT2D eigenvalue weighted by Crippen LogP contribution is -2.17. The maximum absolute atomic E-state index is 13.4. The van der Waals surface area contributed by atoms with Crippen LogP contribution in [-0.2, 0) is 0 Å². The van der Waals surface area contributed by atoms with Gasteiger partial charge >= 0.3 is 0 Å². The number of methoxy groups -OCH3 is 1. The number of aliphatic hydroxyl groups is 2. The Morgan fingerprint density at radius 2 is 2.24 bits per heavy atom. The van der Waals surface area contributed by atoms with Gasteiger partial charge in [0.05, 0.1) is 13.2 Å². The molecule has 1 rings (SSSR count). The summed E-state index contributed by atoms with van der Waals surface area (Å²) in [4.78, 5) is 0. The second-order valence-corrected chi connectivity index (χ2v) is 3.77. The first-order valence-corrected chi connectivity index (χ1v) is 5.37. The molecule has 0 heterocycles. The number of ether oxygens (including phenoxy) is 1. The molecule has 0 aliphatic heterocycles. The highest BCUT2D eigenvalue weighted by atomic mass is 19.1. The van der Waals surface area contributed by atoms with Crippen molar-refractivity contribution in [2.45, 2.75) is 12.5 Å². The number of hydrogen-bond acceptors (Lipinski definition) is 3. The Kier molecular flexibility index (Phi) is 5.12. The average molecular weight is 240 g/mol. The molecule has 0 saturated heterocycles. The Morgan fingerprint density at radius 1 is 1.53 bits per heavy atom. The van der Waals surface area contributed by atoms with E-state index in [0.29, 0.717) is 12.0 Å². The van der Waals surface area contributed by atoms with Gasteiger partial charge in [0.15, 0.2) is 11.6 Å². The van der Waals surface area contributed by atoms with Crippen molar-refractivity contribution < 1.29 is 19.3 Å². The molecule has 17 heavy (non-hydrogen) atoms. The molecular formula is C13H17FO3. The quantitative estimate of drug-likeness (QED) is 0.748. The first kappa shape index (κ1) is 13.7. The monoisotopic (exact) mass is 240 g/mol. The fourth-order valence-electron chi connectivity index (χ4n) is 1.75. The third kappa shape index (κ3) is 3.05. The van der Waals surface area contributed by atoms with E-state index in [1.165, 1.54) is 19.2 Å². The van der Waals surface area contributed by atoms with E-state index in [1.807, 2.05) is 0 Å². The first-order chi connectivity index (χ1) is 8.15. The molecule has 2 N–H and O–H groups in total. The Morgan fingerprint density at radius 3 is 2.76 bits per heavy atom.